The smallest absolute Gasteiger partial charge is 0.203 e. The molecule has 1 aromatic heterocycles. The summed E-state index contributed by atoms with van der Waals surface area (Å²) in [5.41, 5.74) is 1.50. The molecule has 2 aromatic rings. The van der Waals surface area contributed by atoms with Crippen molar-refractivity contribution in [3.63, 3.8) is 0 Å². The Morgan fingerprint density at radius 3 is 2.77 bits per heavy atom. The topological polar surface area (TPSA) is 53.3 Å². The minimum Gasteiger partial charge on any atom is -0.490 e. The standard InChI is InChI=1S/C21H26N2O3/c1-3-23-18(13-14-22-23)19(24)11-9-16-10-12-20(21(15-16)25-4-2)26-17-7-5-6-8-17/h9-15,17H,3-8H2,1-2H3/b11-9+. The Labute approximate surface area is 154 Å². The molecule has 0 saturated heterocycles. The first kappa shape index (κ1) is 18.2. The molecule has 3 rings (SSSR count). The number of aromatic nitrogens is 2. The van der Waals surface area contributed by atoms with Gasteiger partial charge in [-0.25, -0.2) is 0 Å². The van der Waals surface area contributed by atoms with Gasteiger partial charge < -0.3 is 9.47 Å². The fourth-order valence-electron chi connectivity index (χ4n) is 3.23. The Morgan fingerprint density at radius 1 is 1.23 bits per heavy atom. The summed E-state index contributed by atoms with van der Waals surface area (Å²) in [6.45, 7) is 5.16. The van der Waals surface area contributed by atoms with Gasteiger partial charge in [0.15, 0.2) is 11.5 Å². The van der Waals surface area contributed by atoms with E-state index in [-0.39, 0.29) is 11.9 Å². The normalized spacial score (nSPS) is 14.8. The maximum Gasteiger partial charge on any atom is 0.203 e. The number of aryl methyl sites for hydroxylation is 1. The van der Waals surface area contributed by atoms with Gasteiger partial charge in [0, 0.05) is 12.7 Å². The number of hydrogen-bond donors (Lipinski definition) is 0. The molecule has 1 aromatic carbocycles. The number of ketones is 1. The number of nitrogens with zero attached hydrogens (tertiary/aromatic N) is 2. The van der Waals surface area contributed by atoms with Crippen LogP contribution in [0.5, 0.6) is 11.5 Å². The van der Waals surface area contributed by atoms with Gasteiger partial charge in [0.05, 0.1) is 12.7 Å². The highest BCUT2D eigenvalue weighted by molar-refractivity contribution is 6.05. The highest BCUT2D eigenvalue weighted by atomic mass is 16.5. The van der Waals surface area contributed by atoms with Gasteiger partial charge >= 0.3 is 0 Å². The summed E-state index contributed by atoms with van der Waals surface area (Å²) in [7, 11) is 0. The number of ether oxygens (including phenoxy) is 2. The third-order valence-corrected chi connectivity index (χ3v) is 4.56. The lowest BCUT2D eigenvalue weighted by Gasteiger charge is -2.17. The van der Waals surface area contributed by atoms with E-state index in [1.807, 2.05) is 32.0 Å². The van der Waals surface area contributed by atoms with E-state index in [0.29, 0.717) is 18.8 Å². The number of carbonyl (C=O) groups is 1. The van der Waals surface area contributed by atoms with Gasteiger partial charge in [-0.2, -0.15) is 5.10 Å². The predicted molar refractivity (Wildman–Crippen MR) is 102 cm³/mol. The van der Waals surface area contributed by atoms with Crippen LogP contribution in [0.2, 0.25) is 0 Å². The van der Waals surface area contributed by atoms with E-state index in [4.69, 9.17) is 9.47 Å². The van der Waals surface area contributed by atoms with Crippen LogP contribution in [0.4, 0.5) is 0 Å². The fraction of sp³-hybridized carbons (Fsp3) is 0.429. The first-order chi connectivity index (χ1) is 12.7. The molecule has 5 nitrogen and oxygen atoms in total. The van der Waals surface area contributed by atoms with Crippen molar-refractivity contribution >= 4 is 11.9 Å². The second-order valence-electron chi connectivity index (χ2n) is 6.39. The molecule has 0 bridgehead atoms. The number of allylic oxidation sites excluding steroid dienone is 1. The van der Waals surface area contributed by atoms with Crippen LogP contribution in [0.15, 0.2) is 36.5 Å². The summed E-state index contributed by atoms with van der Waals surface area (Å²) < 4.78 is 13.5. The van der Waals surface area contributed by atoms with E-state index in [9.17, 15) is 4.79 Å². The van der Waals surface area contributed by atoms with Gasteiger partial charge in [0.2, 0.25) is 5.78 Å². The minimum atomic E-state index is -0.0615. The lowest BCUT2D eigenvalue weighted by atomic mass is 10.1. The fourth-order valence-corrected chi connectivity index (χ4v) is 3.23. The van der Waals surface area contributed by atoms with Crippen LogP contribution in [-0.2, 0) is 6.54 Å². The molecule has 1 heterocycles. The average molecular weight is 354 g/mol. The number of hydrogen-bond acceptors (Lipinski definition) is 4. The van der Waals surface area contributed by atoms with E-state index < -0.39 is 0 Å². The average Bonchev–Trinajstić information content (AvgIpc) is 3.33. The maximum atomic E-state index is 12.4. The molecule has 138 valence electrons. The van der Waals surface area contributed by atoms with Crippen LogP contribution in [0, 0.1) is 0 Å². The van der Waals surface area contributed by atoms with Crippen molar-refractivity contribution < 1.29 is 14.3 Å². The van der Waals surface area contributed by atoms with Crippen LogP contribution in [-0.4, -0.2) is 28.3 Å². The van der Waals surface area contributed by atoms with E-state index in [1.54, 1.807) is 29.1 Å². The first-order valence-corrected chi connectivity index (χ1v) is 9.39. The second-order valence-corrected chi connectivity index (χ2v) is 6.39. The van der Waals surface area contributed by atoms with E-state index in [1.165, 1.54) is 12.8 Å². The van der Waals surface area contributed by atoms with Gasteiger partial charge in [0.25, 0.3) is 0 Å². The Kier molecular flexibility index (Phi) is 6.10. The zero-order valence-corrected chi connectivity index (χ0v) is 15.5. The molecule has 1 saturated carbocycles. The van der Waals surface area contributed by atoms with Crippen molar-refractivity contribution in [1.29, 1.82) is 0 Å². The van der Waals surface area contributed by atoms with Crippen LogP contribution in [0.25, 0.3) is 6.08 Å². The number of carbonyl (C=O) groups excluding carboxylic acids is 1. The minimum absolute atomic E-state index is 0.0615. The van der Waals surface area contributed by atoms with Crippen molar-refractivity contribution in [3.8, 4) is 11.5 Å². The summed E-state index contributed by atoms with van der Waals surface area (Å²) in [5, 5.41) is 4.13. The molecule has 5 heteroatoms. The Hall–Kier alpha value is -2.56. The maximum absolute atomic E-state index is 12.4. The van der Waals surface area contributed by atoms with Gasteiger partial charge in [0.1, 0.15) is 5.69 Å². The predicted octanol–water partition coefficient (Wildman–Crippen LogP) is 4.52. The SMILES string of the molecule is CCOc1cc(/C=C/C(=O)c2ccnn2CC)ccc1OC1CCCC1. The van der Waals surface area contributed by atoms with Gasteiger partial charge in [-0.3, -0.25) is 9.48 Å². The molecular weight excluding hydrogens is 328 g/mol. The lowest BCUT2D eigenvalue weighted by molar-refractivity contribution is 0.103. The second kappa shape index (κ2) is 8.70. The van der Waals surface area contributed by atoms with Crippen molar-refractivity contribution in [2.45, 2.75) is 52.2 Å². The zero-order valence-electron chi connectivity index (χ0n) is 15.5. The summed E-state index contributed by atoms with van der Waals surface area (Å²) in [4.78, 5) is 12.4. The van der Waals surface area contributed by atoms with Crippen LogP contribution >= 0.6 is 0 Å². The quantitative estimate of drug-likeness (QED) is 0.517. The molecule has 1 aliphatic carbocycles. The van der Waals surface area contributed by atoms with Crippen molar-refractivity contribution in [2.24, 2.45) is 0 Å². The monoisotopic (exact) mass is 354 g/mol. The summed E-state index contributed by atoms with van der Waals surface area (Å²) in [6, 6.07) is 7.55. The van der Waals surface area contributed by atoms with E-state index >= 15 is 0 Å². The van der Waals surface area contributed by atoms with Gasteiger partial charge in [-0.05, 0) is 69.4 Å². The first-order valence-electron chi connectivity index (χ1n) is 9.39. The van der Waals surface area contributed by atoms with E-state index in [0.717, 1.165) is 29.9 Å². The molecule has 1 fully saturated rings. The molecule has 26 heavy (non-hydrogen) atoms. The number of rotatable bonds is 8. The molecule has 1 aliphatic rings. The summed E-state index contributed by atoms with van der Waals surface area (Å²) in [6.07, 6.45) is 9.97. The Balaban J connectivity index is 1.75. The van der Waals surface area contributed by atoms with Crippen molar-refractivity contribution in [3.05, 3.63) is 47.8 Å². The van der Waals surface area contributed by atoms with Crippen LogP contribution in [0.3, 0.4) is 0 Å². The highest BCUT2D eigenvalue weighted by Crippen LogP contribution is 2.33. The third kappa shape index (κ3) is 4.34. The van der Waals surface area contributed by atoms with Gasteiger partial charge in [-0.15, -0.1) is 0 Å². The summed E-state index contributed by atoms with van der Waals surface area (Å²) >= 11 is 0. The lowest BCUT2D eigenvalue weighted by Crippen LogP contribution is -2.12. The number of benzene rings is 1. The molecule has 0 N–H and O–H groups in total. The van der Waals surface area contributed by atoms with Gasteiger partial charge in [-0.1, -0.05) is 12.1 Å². The van der Waals surface area contributed by atoms with Crippen LogP contribution in [0.1, 0.15) is 55.6 Å². The van der Waals surface area contributed by atoms with E-state index in [2.05, 4.69) is 5.10 Å². The molecule has 0 atom stereocenters. The zero-order chi connectivity index (χ0) is 18.4. The Bertz CT molecular complexity index is 773. The molecule has 0 radical (unpaired) electrons. The molecule has 0 unspecified atom stereocenters. The van der Waals surface area contributed by atoms with Crippen molar-refractivity contribution in [2.75, 3.05) is 6.61 Å². The van der Waals surface area contributed by atoms with Crippen molar-refractivity contribution in [1.82, 2.24) is 9.78 Å². The van der Waals surface area contributed by atoms with Crippen LogP contribution < -0.4 is 9.47 Å². The summed E-state index contributed by atoms with van der Waals surface area (Å²) in [5.74, 6) is 1.45. The highest BCUT2D eigenvalue weighted by Gasteiger charge is 2.18. The molecule has 0 spiro atoms. The third-order valence-electron chi connectivity index (χ3n) is 4.56. The molecule has 0 amide bonds. The molecule has 0 aliphatic heterocycles. The largest absolute Gasteiger partial charge is 0.490 e. The Morgan fingerprint density at radius 2 is 2.04 bits per heavy atom. The molecular formula is C21H26N2O3.